The van der Waals surface area contributed by atoms with E-state index in [1.165, 1.54) is 5.56 Å². The quantitative estimate of drug-likeness (QED) is 0.825. The Morgan fingerprint density at radius 3 is 2.37 bits per heavy atom. The first-order valence-corrected chi connectivity index (χ1v) is 6.31. The van der Waals surface area contributed by atoms with Crippen LogP contribution in [0.5, 0.6) is 0 Å². The van der Waals surface area contributed by atoms with Crippen LogP contribution in [0.4, 0.5) is 0 Å². The smallest absolute Gasteiger partial charge is 0.273 e. The molecule has 0 atom stereocenters. The highest BCUT2D eigenvalue weighted by molar-refractivity contribution is 5.43. The van der Waals surface area contributed by atoms with Crippen LogP contribution in [0.25, 0.3) is 5.69 Å². The van der Waals surface area contributed by atoms with Crippen molar-refractivity contribution in [2.24, 2.45) is 0 Å². The average molecular weight is 252 g/mol. The SMILES string of the molecule is CCc1ccc(-n2c(C)cc(C)c(C#N)c2=O)cc1. The lowest BCUT2D eigenvalue weighted by Gasteiger charge is -2.12. The highest BCUT2D eigenvalue weighted by Gasteiger charge is 2.11. The zero-order chi connectivity index (χ0) is 14.0. The van der Waals surface area contributed by atoms with Gasteiger partial charge in [0.2, 0.25) is 0 Å². The molecule has 1 aromatic heterocycles. The van der Waals surface area contributed by atoms with E-state index in [1.54, 1.807) is 11.5 Å². The lowest BCUT2D eigenvalue weighted by Crippen LogP contribution is -2.24. The van der Waals surface area contributed by atoms with Crippen molar-refractivity contribution in [3.8, 4) is 11.8 Å². The fourth-order valence-electron chi connectivity index (χ4n) is 2.23. The molecule has 2 rings (SSSR count). The number of rotatable bonds is 2. The second kappa shape index (κ2) is 5.11. The van der Waals surface area contributed by atoms with Gasteiger partial charge in [-0.1, -0.05) is 19.1 Å². The van der Waals surface area contributed by atoms with Crippen molar-refractivity contribution in [1.29, 1.82) is 5.26 Å². The highest BCUT2D eigenvalue weighted by Crippen LogP contribution is 2.13. The molecule has 0 bridgehead atoms. The molecule has 96 valence electrons. The van der Waals surface area contributed by atoms with Crippen LogP contribution in [0.15, 0.2) is 35.1 Å². The second-order valence-electron chi connectivity index (χ2n) is 4.62. The van der Waals surface area contributed by atoms with Crippen molar-refractivity contribution in [2.45, 2.75) is 27.2 Å². The minimum atomic E-state index is -0.246. The predicted octanol–water partition coefficient (Wildman–Crippen LogP) is 2.89. The van der Waals surface area contributed by atoms with Crippen LogP contribution in [-0.4, -0.2) is 4.57 Å². The van der Waals surface area contributed by atoms with Crippen LogP contribution in [0.3, 0.4) is 0 Å². The topological polar surface area (TPSA) is 45.8 Å². The Balaban J connectivity index is 2.68. The number of benzene rings is 1. The van der Waals surface area contributed by atoms with E-state index in [-0.39, 0.29) is 11.1 Å². The third-order valence-electron chi connectivity index (χ3n) is 3.30. The van der Waals surface area contributed by atoms with Crippen molar-refractivity contribution in [3.05, 3.63) is 63.1 Å². The van der Waals surface area contributed by atoms with E-state index in [0.29, 0.717) is 0 Å². The Labute approximate surface area is 112 Å². The van der Waals surface area contributed by atoms with Gasteiger partial charge in [-0.05, 0) is 49.6 Å². The summed E-state index contributed by atoms with van der Waals surface area (Å²) in [5.74, 6) is 0. The molecule has 0 fully saturated rings. The molecular formula is C16H16N2O. The van der Waals surface area contributed by atoms with E-state index < -0.39 is 0 Å². The average Bonchev–Trinajstić information content (AvgIpc) is 2.39. The van der Waals surface area contributed by atoms with Crippen molar-refractivity contribution in [2.75, 3.05) is 0 Å². The molecule has 3 nitrogen and oxygen atoms in total. The van der Waals surface area contributed by atoms with Gasteiger partial charge < -0.3 is 0 Å². The number of aryl methyl sites for hydroxylation is 3. The third kappa shape index (κ3) is 2.30. The van der Waals surface area contributed by atoms with Crippen LogP contribution in [0.1, 0.15) is 29.3 Å². The van der Waals surface area contributed by atoms with E-state index in [9.17, 15) is 4.79 Å². The Morgan fingerprint density at radius 2 is 1.84 bits per heavy atom. The molecule has 0 saturated heterocycles. The Morgan fingerprint density at radius 1 is 1.21 bits per heavy atom. The lowest BCUT2D eigenvalue weighted by atomic mass is 10.1. The molecule has 0 spiro atoms. The Bertz CT molecular complexity index is 703. The summed E-state index contributed by atoms with van der Waals surface area (Å²) in [5.41, 5.74) is 3.56. The number of hydrogen-bond acceptors (Lipinski definition) is 2. The fraction of sp³-hybridized carbons (Fsp3) is 0.250. The predicted molar refractivity (Wildman–Crippen MR) is 75.6 cm³/mol. The minimum Gasteiger partial charge on any atom is -0.280 e. The molecule has 0 unspecified atom stereocenters. The maximum absolute atomic E-state index is 12.3. The largest absolute Gasteiger partial charge is 0.280 e. The molecule has 0 aliphatic carbocycles. The number of hydrogen-bond donors (Lipinski definition) is 0. The van der Waals surface area contributed by atoms with Gasteiger partial charge in [0, 0.05) is 11.4 Å². The van der Waals surface area contributed by atoms with Crippen LogP contribution in [0.2, 0.25) is 0 Å². The first-order valence-electron chi connectivity index (χ1n) is 6.31. The maximum atomic E-state index is 12.3. The van der Waals surface area contributed by atoms with Crippen molar-refractivity contribution in [3.63, 3.8) is 0 Å². The number of aromatic nitrogens is 1. The number of nitriles is 1. The first-order chi connectivity index (χ1) is 9.08. The van der Waals surface area contributed by atoms with Gasteiger partial charge in [-0.3, -0.25) is 9.36 Å². The number of pyridine rings is 1. The summed E-state index contributed by atoms with van der Waals surface area (Å²) >= 11 is 0. The molecule has 2 aromatic rings. The summed E-state index contributed by atoms with van der Waals surface area (Å²) in [6.07, 6.45) is 0.964. The molecule has 0 saturated carbocycles. The Hall–Kier alpha value is -2.34. The van der Waals surface area contributed by atoms with Crippen LogP contribution >= 0.6 is 0 Å². The standard InChI is InChI=1S/C16H16N2O/c1-4-13-5-7-14(8-6-13)18-12(3)9-11(2)15(10-17)16(18)19/h5-9H,4H2,1-3H3. The van der Waals surface area contributed by atoms with E-state index in [0.717, 1.165) is 23.4 Å². The van der Waals surface area contributed by atoms with E-state index in [2.05, 4.69) is 6.92 Å². The summed E-state index contributed by atoms with van der Waals surface area (Å²) in [4.78, 5) is 12.3. The van der Waals surface area contributed by atoms with Gasteiger partial charge in [0.05, 0.1) is 0 Å². The van der Waals surface area contributed by atoms with E-state index in [4.69, 9.17) is 5.26 Å². The van der Waals surface area contributed by atoms with Gasteiger partial charge in [0.25, 0.3) is 5.56 Å². The first kappa shape index (κ1) is 13.1. The van der Waals surface area contributed by atoms with Crippen molar-refractivity contribution in [1.82, 2.24) is 4.57 Å². The van der Waals surface area contributed by atoms with Gasteiger partial charge in [-0.15, -0.1) is 0 Å². The normalized spacial score (nSPS) is 10.2. The van der Waals surface area contributed by atoms with Gasteiger partial charge >= 0.3 is 0 Å². The van der Waals surface area contributed by atoms with Crippen LogP contribution < -0.4 is 5.56 Å². The molecule has 0 aliphatic heterocycles. The van der Waals surface area contributed by atoms with Gasteiger partial charge in [-0.2, -0.15) is 5.26 Å². The zero-order valence-corrected chi connectivity index (χ0v) is 11.4. The molecule has 0 N–H and O–H groups in total. The molecule has 0 radical (unpaired) electrons. The summed E-state index contributed by atoms with van der Waals surface area (Å²) in [6, 6.07) is 11.7. The van der Waals surface area contributed by atoms with Gasteiger partial charge in [-0.25, -0.2) is 0 Å². The highest BCUT2D eigenvalue weighted by atomic mass is 16.1. The van der Waals surface area contributed by atoms with E-state index in [1.807, 2.05) is 43.3 Å². The monoisotopic (exact) mass is 252 g/mol. The molecule has 1 aromatic carbocycles. The van der Waals surface area contributed by atoms with Crippen molar-refractivity contribution < 1.29 is 0 Å². The maximum Gasteiger partial charge on any atom is 0.273 e. The van der Waals surface area contributed by atoms with Crippen LogP contribution in [0, 0.1) is 25.2 Å². The van der Waals surface area contributed by atoms with Gasteiger partial charge in [0.15, 0.2) is 0 Å². The van der Waals surface area contributed by atoms with Gasteiger partial charge in [0.1, 0.15) is 11.6 Å². The molecule has 0 amide bonds. The molecule has 1 heterocycles. The fourth-order valence-corrected chi connectivity index (χ4v) is 2.23. The molecule has 3 heteroatoms. The third-order valence-corrected chi connectivity index (χ3v) is 3.30. The molecule has 0 aliphatic rings. The second-order valence-corrected chi connectivity index (χ2v) is 4.62. The molecular weight excluding hydrogens is 236 g/mol. The summed E-state index contributed by atoms with van der Waals surface area (Å²) in [5, 5.41) is 9.08. The minimum absolute atomic E-state index is 0.213. The Kier molecular flexibility index (Phi) is 3.52. The van der Waals surface area contributed by atoms with Crippen LogP contribution in [-0.2, 0) is 6.42 Å². The van der Waals surface area contributed by atoms with E-state index >= 15 is 0 Å². The van der Waals surface area contributed by atoms with Crippen molar-refractivity contribution >= 4 is 0 Å². The molecule has 19 heavy (non-hydrogen) atoms. The summed E-state index contributed by atoms with van der Waals surface area (Å²) < 4.78 is 1.59. The summed E-state index contributed by atoms with van der Waals surface area (Å²) in [6.45, 7) is 5.76. The lowest BCUT2D eigenvalue weighted by molar-refractivity contribution is 0.918. The zero-order valence-electron chi connectivity index (χ0n) is 11.4. The summed E-state index contributed by atoms with van der Waals surface area (Å²) in [7, 11) is 0. The number of nitrogens with zero attached hydrogens (tertiary/aromatic N) is 2.